The van der Waals surface area contributed by atoms with Gasteiger partial charge in [-0.25, -0.2) is 0 Å². The van der Waals surface area contributed by atoms with Crippen LogP contribution in [0.4, 0.5) is 0 Å². The third-order valence-corrected chi connectivity index (χ3v) is 13.2. The van der Waals surface area contributed by atoms with Crippen LogP contribution in [0.2, 0.25) is 0 Å². The lowest BCUT2D eigenvalue weighted by Gasteiger charge is -2.29. The van der Waals surface area contributed by atoms with E-state index in [1.807, 2.05) is 48.5 Å². The molecule has 0 amide bonds. The van der Waals surface area contributed by atoms with Crippen LogP contribution < -0.4 is 20.7 Å². The smallest absolute Gasteiger partial charge is 0.178 e. The maximum atomic E-state index is 15.6. The highest BCUT2D eigenvalue weighted by Gasteiger charge is 2.39. The maximum Gasteiger partial charge on any atom is 0.178 e. The zero-order valence-electron chi connectivity index (χ0n) is 26.5. The van der Waals surface area contributed by atoms with E-state index in [1.54, 1.807) is 0 Å². The largest absolute Gasteiger partial charge is 0.456 e. The molecular formula is C46H29O2P. The van der Waals surface area contributed by atoms with Crippen molar-refractivity contribution >= 4 is 66.1 Å². The highest BCUT2D eigenvalue weighted by molar-refractivity contribution is 7.85. The summed E-state index contributed by atoms with van der Waals surface area (Å²) in [4.78, 5) is 0. The van der Waals surface area contributed by atoms with Gasteiger partial charge in [0.25, 0.3) is 0 Å². The third-order valence-electron chi connectivity index (χ3n) is 10.1. The molecule has 0 fully saturated rings. The minimum absolute atomic E-state index is 0.638. The van der Waals surface area contributed by atoms with Crippen molar-refractivity contribution in [3.05, 3.63) is 176 Å². The van der Waals surface area contributed by atoms with Crippen molar-refractivity contribution in [2.75, 3.05) is 0 Å². The van der Waals surface area contributed by atoms with Gasteiger partial charge in [-0.3, -0.25) is 0 Å². The van der Waals surface area contributed by atoms with E-state index in [2.05, 4.69) is 127 Å². The molecule has 0 spiro atoms. The van der Waals surface area contributed by atoms with Crippen LogP contribution in [-0.2, 0) is 4.57 Å². The van der Waals surface area contributed by atoms with Crippen molar-refractivity contribution in [3.8, 4) is 33.8 Å². The van der Waals surface area contributed by atoms with Gasteiger partial charge in [0.15, 0.2) is 7.14 Å². The quantitative estimate of drug-likeness (QED) is 0.141. The summed E-state index contributed by atoms with van der Waals surface area (Å²) in [5.74, 6) is 1.28. The molecule has 3 heteroatoms. The Bertz CT molecular complexity index is 2790. The first-order valence-electron chi connectivity index (χ1n) is 16.6. The van der Waals surface area contributed by atoms with Gasteiger partial charge >= 0.3 is 0 Å². The van der Waals surface area contributed by atoms with Crippen LogP contribution in [-0.4, -0.2) is 0 Å². The highest BCUT2D eigenvalue weighted by atomic mass is 31.2. The van der Waals surface area contributed by atoms with Gasteiger partial charge < -0.3 is 9.30 Å². The second-order valence-corrected chi connectivity index (χ2v) is 15.5. The Labute approximate surface area is 284 Å². The van der Waals surface area contributed by atoms with E-state index in [-0.39, 0.29) is 0 Å². The van der Waals surface area contributed by atoms with E-state index in [9.17, 15) is 0 Å². The number of para-hydroxylation sites is 1. The molecule has 0 aliphatic carbocycles. The van der Waals surface area contributed by atoms with Gasteiger partial charge in [-0.15, -0.1) is 0 Å². The molecule has 0 radical (unpaired) electrons. The van der Waals surface area contributed by atoms with Gasteiger partial charge in [0, 0.05) is 5.30 Å². The predicted octanol–water partition coefficient (Wildman–Crippen LogP) is 11.4. The summed E-state index contributed by atoms with van der Waals surface area (Å²) in [7, 11) is -3.25. The van der Waals surface area contributed by atoms with Crippen molar-refractivity contribution in [2.24, 2.45) is 0 Å². The van der Waals surface area contributed by atoms with Gasteiger partial charge in [0.05, 0.1) is 10.6 Å². The summed E-state index contributed by atoms with van der Waals surface area (Å²) in [5, 5.41) is 11.6. The molecule has 0 saturated heterocycles. The van der Waals surface area contributed by atoms with Crippen LogP contribution in [0, 0.1) is 0 Å². The van der Waals surface area contributed by atoms with Gasteiger partial charge in [-0.05, 0) is 95.7 Å². The molecule has 0 saturated carbocycles. The fourth-order valence-electron chi connectivity index (χ4n) is 7.89. The van der Waals surface area contributed by atoms with Gasteiger partial charge in [-0.2, -0.15) is 0 Å². The molecule has 1 heterocycles. The lowest BCUT2D eigenvalue weighted by molar-refractivity contribution is 0.485. The molecule has 0 aromatic heterocycles. The molecule has 1 aliphatic rings. The molecule has 0 bridgehead atoms. The van der Waals surface area contributed by atoms with E-state index in [0.29, 0.717) is 11.5 Å². The minimum atomic E-state index is -3.25. The van der Waals surface area contributed by atoms with Crippen LogP contribution in [0.5, 0.6) is 11.5 Å². The van der Waals surface area contributed by atoms with E-state index < -0.39 is 7.14 Å². The number of fused-ring (bicyclic) bond motifs is 6. The van der Waals surface area contributed by atoms with Crippen LogP contribution >= 0.6 is 7.14 Å². The van der Waals surface area contributed by atoms with Gasteiger partial charge in [0.2, 0.25) is 0 Å². The lowest BCUT2D eigenvalue weighted by Crippen LogP contribution is -2.30. The zero-order chi connectivity index (χ0) is 32.5. The number of ether oxygens (including phenoxy) is 1. The van der Waals surface area contributed by atoms with Crippen molar-refractivity contribution in [1.29, 1.82) is 0 Å². The average Bonchev–Trinajstić information content (AvgIpc) is 3.16. The normalized spacial score (nSPS) is 15.3. The van der Waals surface area contributed by atoms with E-state index in [4.69, 9.17) is 4.74 Å². The Balaban J connectivity index is 1.23. The predicted molar refractivity (Wildman–Crippen MR) is 207 cm³/mol. The van der Waals surface area contributed by atoms with Crippen molar-refractivity contribution in [3.63, 3.8) is 0 Å². The molecule has 1 unspecified atom stereocenters. The van der Waals surface area contributed by atoms with Gasteiger partial charge in [-0.1, -0.05) is 146 Å². The Morgan fingerprint density at radius 3 is 1.71 bits per heavy atom. The number of hydrogen-bond acceptors (Lipinski definition) is 2. The minimum Gasteiger partial charge on any atom is -0.456 e. The molecule has 2 nitrogen and oxygen atoms in total. The van der Waals surface area contributed by atoms with Crippen LogP contribution in [0.3, 0.4) is 0 Å². The van der Waals surface area contributed by atoms with Crippen LogP contribution in [0.15, 0.2) is 176 Å². The van der Waals surface area contributed by atoms with Crippen molar-refractivity contribution < 1.29 is 9.30 Å². The van der Waals surface area contributed by atoms with Crippen LogP contribution in [0.25, 0.3) is 65.3 Å². The average molecular weight is 645 g/mol. The van der Waals surface area contributed by atoms with E-state index in [0.717, 1.165) is 48.6 Å². The highest BCUT2D eigenvalue weighted by Crippen LogP contribution is 2.53. The molecular weight excluding hydrogens is 615 g/mol. The summed E-state index contributed by atoms with van der Waals surface area (Å²) < 4.78 is 22.3. The Hall–Kier alpha value is -5.95. The second kappa shape index (κ2) is 10.8. The number of hydrogen-bond donors (Lipinski definition) is 0. The number of rotatable bonds is 3. The summed E-state index contributed by atoms with van der Waals surface area (Å²) in [6.07, 6.45) is 0. The Kier molecular flexibility index (Phi) is 6.19. The van der Waals surface area contributed by atoms with Crippen molar-refractivity contribution in [2.45, 2.75) is 0 Å². The first-order chi connectivity index (χ1) is 24.2. The molecule has 49 heavy (non-hydrogen) atoms. The van der Waals surface area contributed by atoms with Crippen LogP contribution in [0.1, 0.15) is 0 Å². The van der Waals surface area contributed by atoms with Crippen molar-refractivity contribution in [1.82, 2.24) is 0 Å². The lowest BCUT2D eigenvalue weighted by atomic mass is 9.85. The molecule has 9 aromatic carbocycles. The summed E-state index contributed by atoms with van der Waals surface area (Å²) in [6.45, 7) is 0. The SMILES string of the molecule is O=P1(c2ccc3ccccc3c2)c2ccccc2Oc2cc(-c3c4ccccc4c(-c4cccc5ccccc45)c4ccccc34)ccc21. The summed E-state index contributed by atoms with van der Waals surface area (Å²) in [5.41, 5.74) is 4.62. The zero-order valence-corrected chi connectivity index (χ0v) is 27.4. The fraction of sp³-hybridized carbons (Fsp3) is 0. The van der Waals surface area contributed by atoms with E-state index >= 15 is 4.57 Å². The first-order valence-corrected chi connectivity index (χ1v) is 18.3. The van der Waals surface area contributed by atoms with Gasteiger partial charge in [0.1, 0.15) is 11.5 Å². The summed E-state index contributed by atoms with van der Waals surface area (Å²) in [6, 6.07) is 61.1. The standard InChI is InChI=1S/C46H29O2P/c47-49(34-26-24-30-12-1-2-14-32(30)28-34)43-23-10-9-22-41(43)48-42-29-33(25-27-44(42)49)45-37-17-5-7-19-39(37)46(40-20-8-6-18-38(40)45)36-21-11-15-31-13-3-4-16-35(31)36/h1-29H. The van der Waals surface area contributed by atoms with E-state index in [1.165, 1.54) is 32.7 Å². The first kappa shape index (κ1) is 28.1. The maximum absolute atomic E-state index is 15.6. The monoisotopic (exact) mass is 644 g/mol. The summed E-state index contributed by atoms with van der Waals surface area (Å²) >= 11 is 0. The topological polar surface area (TPSA) is 26.3 Å². The molecule has 230 valence electrons. The Morgan fingerprint density at radius 1 is 0.388 bits per heavy atom. The third kappa shape index (κ3) is 4.18. The molecule has 1 aliphatic heterocycles. The second-order valence-electron chi connectivity index (χ2n) is 12.8. The fourth-order valence-corrected chi connectivity index (χ4v) is 10.7. The molecule has 0 N–H and O–H groups in total. The Morgan fingerprint density at radius 2 is 0.959 bits per heavy atom. The molecule has 10 rings (SSSR count). The number of benzene rings is 9. The molecule has 1 atom stereocenters. The molecule has 9 aromatic rings.